The molecule has 0 unspecified atom stereocenters. The smallest absolute Gasteiger partial charge is 0.257 e. The first-order valence-electron chi connectivity index (χ1n) is 9.49. The number of nitrogens with one attached hydrogen (secondary N) is 2. The van der Waals surface area contributed by atoms with E-state index in [0.717, 1.165) is 39.3 Å². The van der Waals surface area contributed by atoms with Gasteiger partial charge in [-0.3, -0.25) is 9.69 Å². The standard InChI is InChI=1S/C19H31N3O5S/c1-19(2,3)21-28(24,25)17-7-5-16(6-8-17)27-15-18(23)20-9-4-10-22-11-13-26-14-12-22/h5-8,21H,4,9-15H2,1-3H3,(H,20,23). The van der Waals surface area contributed by atoms with Gasteiger partial charge >= 0.3 is 0 Å². The first kappa shape index (κ1) is 22.6. The highest BCUT2D eigenvalue weighted by Gasteiger charge is 2.21. The van der Waals surface area contributed by atoms with Gasteiger partial charge in [-0.2, -0.15) is 0 Å². The van der Waals surface area contributed by atoms with Crippen LogP contribution in [-0.4, -0.2) is 70.8 Å². The number of sulfonamides is 1. The van der Waals surface area contributed by atoms with Crippen molar-refractivity contribution in [1.29, 1.82) is 0 Å². The van der Waals surface area contributed by atoms with E-state index < -0.39 is 15.6 Å². The van der Waals surface area contributed by atoms with E-state index >= 15 is 0 Å². The summed E-state index contributed by atoms with van der Waals surface area (Å²) < 4.78 is 37.8. The molecule has 9 heteroatoms. The molecule has 8 nitrogen and oxygen atoms in total. The highest BCUT2D eigenvalue weighted by molar-refractivity contribution is 7.89. The van der Waals surface area contributed by atoms with Crippen molar-refractivity contribution in [1.82, 2.24) is 14.9 Å². The number of hydrogen-bond donors (Lipinski definition) is 2. The molecular formula is C19H31N3O5S. The lowest BCUT2D eigenvalue weighted by molar-refractivity contribution is -0.123. The zero-order valence-corrected chi connectivity index (χ0v) is 17.7. The van der Waals surface area contributed by atoms with E-state index in [2.05, 4.69) is 14.9 Å². The molecule has 0 aliphatic carbocycles. The number of amides is 1. The Balaban J connectivity index is 1.70. The van der Waals surface area contributed by atoms with Crippen molar-refractivity contribution in [3.8, 4) is 5.75 Å². The van der Waals surface area contributed by atoms with E-state index in [9.17, 15) is 13.2 Å². The Kier molecular flexibility index (Phi) is 8.23. The number of hydrogen-bond acceptors (Lipinski definition) is 6. The van der Waals surface area contributed by atoms with Gasteiger partial charge in [0.15, 0.2) is 6.61 Å². The van der Waals surface area contributed by atoms with Crippen LogP contribution in [0.5, 0.6) is 5.75 Å². The van der Waals surface area contributed by atoms with Gasteiger partial charge in [0.1, 0.15) is 5.75 Å². The third kappa shape index (κ3) is 8.14. The minimum Gasteiger partial charge on any atom is -0.484 e. The van der Waals surface area contributed by atoms with Gasteiger partial charge in [-0.05, 0) is 58.0 Å². The summed E-state index contributed by atoms with van der Waals surface area (Å²) >= 11 is 0. The van der Waals surface area contributed by atoms with Crippen LogP contribution < -0.4 is 14.8 Å². The topological polar surface area (TPSA) is 97.0 Å². The Morgan fingerprint density at radius 3 is 2.43 bits per heavy atom. The number of ether oxygens (including phenoxy) is 2. The molecule has 0 saturated carbocycles. The fraction of sp³-hybridized carbons (Fsp3) is 0.632. The lowest BCUT2D eigenvalue weighted by Gasteiger charge is -2.26. The number of rotatable bonds is 9. The quantitative estimate of drug-likeness (QED) is 0.586. The van der Waals surface area contributed by atoms with Crippen LogP contribution in [0, 0.1) is 0 Å². The molecule has 0 radical (unpaired) electrons. The van der Waals surface area contributed by atoms with Crippen LogP contribution >= 0.6 is 0 Å². The summed E-state index contributed by atoms with van der Waals surface area (Å²) in [5, 5.41) is 2.83. The Labute approximate surface area is 167 Å². The molecule has 0 atom stereocenters. The van der Waals surface area contributed by atoms with Gasteiger partial charge < -0.3 is 14.8 Å². The SMILES string of the molecule is CC(C)(C)NS(=O)(=O)c1ccc(OCC(=O)NCCCN2CCOCC2)cc1. The zero-order chi connectivity index (χ0) is 20.6. The molecule has 1 saturated heterocycles. The molecule has 1 aliphatic heterocycles. The van der Waals surface area contributed by atoms with Gasteiger partial charge in [0, 0.05) is 25.2 Å². The molecule has 2 N–H and O–H groups in total. The van der Waals surface area contributed by atoms with E-state index in [1.54, 1.807) is 32.9 Å². The van der Waals surface area contributed by atoms with Crippen molar-refractivity contribution in [2.45, 2.75) is 37.6 Å². The normalized spacial score (nSPS) is 16.0. The monoisotopic (exact) mass is 413 g/mol. The first-order valence-corrected chi connectivity index (χ1v) is 11.0. The number of morpholine rings is 1. The predicted octanol–water partition coefficient (Wildman–Crippen LogP) is 0.981. The summed E-state index contributed by atoms with van der Waals surface area (Å²) in [6.07, 6.45) is 0.874. The molecule has 0 bridgehead atoms. The average Bonchev–Trinajstić information content (AvgIpc) is 2.63. The molecule has 28 heavy (non-hydrogen) atoms. The average molecular weight is 414 g/mol. The third-order valence-corrected chi connectivity index (χ3v) is 5.80. The summed E-state index contributed by atoms with van der Waals surface area (Å²) in [5.41, 5.74) is -0.562. The van der Waals surface area contributed by atoms with Crippen molar-refractivity contribution in [2.24, 2.45) is 0 Å². The number of nitrogens with zero attached hydrogens (tertiary/aromatic N) is 1. The van der Waals surface area contributed by atoms with Gasteiger partial charge in [0.25, 0.3) is 5.91 Å². The largest absolute Gasteiger partial charge is 0.484 e. The van der Waals surface area contributed by atoms with E-state index in [1.165, 1.54) is 12.1 Å². The summed E-state index contributed by atoms with van der Waals surface area (Å²) in [7, 11) is -3.59. The lowest BCUT2D eigenvalue weighted by atomic mass is 10.1. The Bertz CT molecular complexity index is 723. The second kappa shape index (κ2) is 10.2. The van der Waals surface area contributed by atoms with Crippen molar-refractivity contribution >= 4 is 15.9 Å². The fourth-order valence-corrected chi connectivity index (χ4v) is 4.15. The summed E-state index contributed by atoms with van der Waals surface area (Å²) in [6.45, 7) is 10.2. The Hall–Kier alpha value is -1.68. The molecule has 1 aromatic rings. The molecule has 0 aromatic heterocycles. The van der Waals surface area contributed by atoms with Crippen LogP contribution in [0.2, 0.25) is 0 Å². The van der Waals surface area contributed by atoms with Gasteiger partial charge in [-0.25, -0.2) is 13.1 Å². The lowest BCUT2D eigenvalue weighted by Crippen LogP contribution is -2.40. The molecule has 1 fully saturated rings. The number of benzene rings is 1. The zero-order valence-electron chi connectivity index (χ0n) is 16.9. The van der Waals surface area contributed by atoms with Gasteiger partial charge in [-0.15, -0.1) is 0 Å². The minimum absolute atomic E-state index is 0.107. The van der Waals surface area contributed by atoms with E-state index in [4.69, 9.17) is 9.47 Å². The van der Waals surface area contributed by atoms with E-state index in [1.807, 2.05) is 0 Å². The summed E-state index contributed by atoms with van der Waals surface area (Å²) in [6, 6.07) is 6.01. The highest BCUT2D eigenvalue weighted by Crippen LogP contribution is 2.17. The minimum atomic E-state index is -3.59. The van der Waals surface area contributed by atoms with Gasteiger partial charge in [0.2, 0.25) is 10.0 Å². The summed E-state index contributed by atoms with van der Waals surface area (Å²) in [4.78, 5) is 14.3. The Morgan fingerprint density at radius 2 is 1.82 bits per heavy atom. The van der Waals surface area contributed by atoms with Crippen LogP contribution in [0.3, 0.4) is 0 Å². The molecule has 1 aliphatic rings. The highest BCUT2D eigenvalue weighted by atomic mass is 32.2. The van der Waals surface area contributed by atoms with E-state index in [0.29, 0.717) is 12.3 Å². The van der Waals surface area contributed by atoms with Crippen molar-refractivity contribution in [3.05, 3.63) is 24.3 Å². The van der Waals surface area contributed by atoms with Crippen molar-refractivity contribution in [2.75, 3.05) is 46.0 Å². The van der Waals surface area contributed by atoms with Crippen LogP contribution in [0.1, 0.15) is 27.2 Å². The second-order valence-corrected chi connectivity index (χ2v) is 9.46. The maximum absolute atomic E-state index is 12.3. The number of carbonyl (C=O) groups excluding carboxylic acids is 1. The first-order chi connectivity index (χ1) is 13.2. The molecule has 1 heterocycles. The van der Waals surface area contributed by atoms with E-state index in [-0.39, 0.29) is 17.4 Å². The van der Waals surface area contributed by atoms with Crippen LogP contribution in [0.15, 0.2) is 29.2 Å². The summed E-state index contributed by atoms with van der Waals surface area (Å²) in [5.74, 6) is 0.242. The third-order valence-electron chi connectivity index (χ3n) is 4.02. The Morgan fingerprint density at radius 1 is 1.18 bits per heavy atom. The molecular weight excluding hydrogens is 382 g/mol. The van der Waals surface area contributed by atoms with Crippen molar-refractivity contribution in [3.63, 3.8) is 0 Å². The predicted molar refractivity (Wildman–Crippen MR) is 107 cm³/mol. The second-order valence-electron chi connectivity index (χ2n) is 7.77. The molecule has 2 rings (SSSR count). The number of carbonyl (C=O) groups is 1. The van der Waals surface area contributed by atoms with Crippen LogP contribution in [0.4, 0.5) is 0 Å². The molecule has 0 spiro atoms. The van der Waals surface area contributed by atoms with Crippen LogP contribution in [0.25, 0.3) is 0 Å². The molecule has 1 aromatic carbocycles. The molecule has 1 amide bonds. The maximum atomic E-state index is 12.3. The van der Waals surface area contributed by atoms with Gasteiger partial charge in [-0.1, -0.05) is 0 Å². The van der Waals surface area contributed by atoms with Crippen molar-refractivity contribution < 1.29 is 22.7 Å². The maximum Gasteiger partial charge on any atom is 0.257 e. The molecule has 158 valence electrons. The fourth-order valence-electron chi connectivity index (χ4n) is 2.73. The van der Waals surface area contributed by atoms with Crippen LogP contribution in [-0.2, 0) is 19.6 Å². The van der Waals surface area contributed by atoms with Gasteiger partial charge in [0.05, 0.1) is 18.1 Å².